The maximum atomic E-state index is 13.6. The third kappa shape index (κ3) is 2.93. The van der Waals surface area contributed by atoms with Crippen LogP contribution in [-0.4, -0.2) is 29.3 Å². The maximum absolute atomic E-state index is 13.6. The van der Waals surface area contributed by atoms with Gasteiger partial charge in [-0.1, -0.05) is 11.6 Å². The van der Waals surface area contributed by atoms with Crippen molar-refractivity contribution in [2.24, 2.45) is 0 Å². The average molecular weight is 296 g/mol. The molecule has 0 spiro atoms. The molecule has 1 amide bonds. The smallest absolute Gasteiger partial charge is 0.257 e. The molecule has 0 saturated carbocycles. The number of halogens is 4. The van der Waals surface area contributed by atoms with E-state index in [2.05, 4.69) is 0 Å². The Morgan fingerprint density at radius 3 is 2.39 bits per heavy atom. The first kappa shape index (κ1) is 15.2. The second-order valence-corrected chi connectivity index (χ2v) is 5.23. The van der Waals surface area contributed by atoms with Gasteiger partial charge in [-0.15, -0.1) is 11.6 Å². The summed E-state index contributed by atoms with van der Waals surface area (Å²) in [5.41, 5.74) is -1.03. The molecule has 18 heavy (non-hydrogen) atoms. The lowest BCUT2D eigenvalue weighted by Gasteiger charge is -2.34. The first-order chi connectivity index (χ1) is 8.20. The van der Waals surface area contributed by atoms with Gasteiger partial charge in [-0.05, 0) is 26.0 Å². The highest BCUT2D eigenvalue weighted by Crippen LogP contribution is 2.23. The number of rotatable bonds is 3. The number of amides is 1. The number of carbonyl (C=O) groups is 1. The fourth-order valence-corrected chi connectivity index (χ4v) is 1.56. The molecule has 0 aliphatic rings. The zero-order chi connectivity index (χ0) is 14.1. The van der Waals surface area contributed by atoms with Crippen molar-refractivity contribution in [2.45, 2.75) is 19.4 Å². The molecule has 0 heterocycles. The Balaban J connectivity index is 3.16. The Morgan fingerprint density at radius 1 is 1.33 bits per heavy atom. The molecule has 1 aromatic rings. The van der Waals surface area contributed by atoms with Gasteiger partial charge in [0.05, 0.1) is 16.1 Å². The lowest BCUT2D eigenvalue weighted by atomic mass is 10.0. The van der Waals surface area contributed by atoms with E-state index in [0.29, 0.717) is 0 Å². The molecule has 0 aliphatic carbocycles. The van der Waals surface area contributed by atoms with Crippen molar-refractivity contribution in [2.75, 3.05) is 12.9 Å². The summed E-state index contributed by atoms with van der Waals surface area (Å²) < 4.78 is 26.9. The SMILES string of the molecule is CN(C(=O)c1cc(F)c(Cl)cc1F)C(C)(C)CCl. The predicted molar refractivity (Wildman–Crippen MR) is 68.3 cm³/mol. The van der Waals surface area contributed by atoms with Gasteiger partial charge >= 0.3 is 0 Å². The topological polar surface area (TPSA) is 20.3 Å². The zero-order valence-electron chi connectivity index (χ0n) is 10.2. The lowest BCUT2D eigenvalue weighted by Crippen LogP contribution is -2.46. The normalized spacial score (nSPS) is 11.5. The molecule has 0 radical (unpaired) electrons. The summed E-state index contributed by atoms with van der Waals surface area (Å²) in [5, 5.41) is -0.358. The van der Waals surface area contributed by atoms with Crippen LogP contribution in [0.25, 0.3) is 0 Å². The molecule has 1 aromatic carbocycles. The molecule has 0 N–H and O–H groups in total. The number of hydrogen-bond donors (Lipinski definition) is 0. The van der Waals surface area contributed by atoms with Crippen molar-refractivity contribution in [3.63, 3.8) is 0 Å². The number of benzene rings is 1. The number of carbonyl (C=O) groups excluding carboxylic acids is 1. The minimum absolute atomic E-state index is 0.174. The minimum Gasteiger partial charge on any atom is -0.335 e. The Labute approximate surface area is 114 Å². The van der Waals surface area contributed by atoms with Gasteiger partial charge in [0, 0.05) is 12.9 Å². The fraction of sp³-hybridized carbons (Fsp3) is 0.417. The highest BCUT2D eigenvalue weighted by Gasteiger charge is 2.29. The fourth-order valence-electron chi connectivity index (χ4n) is 1.23. The number of nitrogens with zero attached hydrogens (tertiary/aromatic N) is 1. The van der Waals surface area contributed by atoms with E-state index in [0.717, 1.165) is 12.1 Å². The van der Waals surface area contributed by atoms with Crippen molar-refractivity contribution in [1.29, 1.82) is 0 Å². The summed E-state index contributed by atoms with van der Waals surface area (Å²) in [6, 6.07) is 1.58. The van der Waals surface area contributed by atoms with Crippen molar-refractivity contribution < 1.29 is 13.6 Å². The van der Waals surface area contributed by atoms with E-state index in [1.54, 1.807) is 13.8 Å². The highest BCUT2D eigenvalue weighted by molar-refractivity contribution is 6.30. The molecule has 0 saturated heterocycles. The molecule has 6 heteroatoms. The third-order valence-corrected chi connectivity index (χ3v) is 3.72. The molecule has 100 valence electrons. The van der Waals surface area contributed by atoms with Gasteiger partial charge in [0.15, 0.2) is 0 Å². The van der Waals surface area contributed by atoms with Gasteiger partial charge in [-0.2, -0.15) is 0 Å². The molecule has 2 nitrogen and oxygen atoms in total. The molecule has 0 fully saturated rings. The molecule has 0 unspecified atom stereocenters. The Hall–Kier alpha value is -0.870. The minimum atomic E-state index is -0.858. The van der Waals surface area contributed by atoms with E-state index in [-0.39, 0.29) is 16.5 Å². The summed E-state index contributed by atoms with van der Waals surface area (Å²) >= 11 is 11.2. The van der Waals surface area contributed by atoms with Crippen LogP contribution in [0.15, 0.2) is 12.1 Å². The first-order valence-corrected chi connectivity index (χ1v) is 6.10. The largest absolute Gasteiger partial charge is 0.335 e. The summed E-state index contributed by atoms with van der Waals surface area (Å²) in [5.74, 6) is -2.16. The lowest BCUT2D eigenvalue weighted by molar-refractivity contribution is 0.0655. The van der Waals surface area contributed by atoms with E-state index >= 15 is 0 Å². The third-order valence-electron chi connectivity index (χ3n) is 2.78. The van der Waals surface area contributed by atoms with Crippen molar-refractivity contribution >= 4 is 29.1 Å². The summed E-state index contributed by atoms with van der Waals surface area (Å²) in [4.78, 5) is 13.3. The molecule has 0 atom stereocenters. The van der Waals surface area contributed by atoms with Crippen molar-refractivity contribution in [1.82, 2.24) is 4.90 Å². The summed E-state index contributed by atoms with van der Waals surface area (Å²) in [6.45, 7) is 3.45. The van der Waals surface area contributed by atoms with Crippen LogP contribution in [0.3, 0.4) is 0 Å². The second kappa shape index (κ2) is 5.41. The van der Waals surface area contributed by atoms with Crippen LogP contribution < -0.4 is 0 Å². The quantitative estimate of drug-likeness (QED) is 0.615. The van der Waals surface area contributed by atoms with Crippen molar-refractivity contribution in [3.8, 4) is 0 Å². The molecule has 1 rings (SSSR count). The van der Waals surface area contributed by atoms with E-state index in [1.165, 1.54) is 11.9 Å². The van der Waals surface area contributed by atoms with Crippen molar-refractivity contribution in [3.05, 3.63) is 34.4 Å². The average Bonchev–Trinajstić information content (AvgIpc) is 2.32. The predicted octanol–water partition coefficient (Wildman–Crippen LogP) is 3.71. The van der Waals surface area contributed by atoms with Crippen LogP contribution >= 0.6 is 23.2 Å². The van der Waals surface area contributed by atoms with Crippen LogP contribution in [0, 0.1) is 11.6 Å². The van der Waals surface area contributed by atoms with Gasteiger partial charge < -0.3 is 4.90 Å². The molecular weight excluding hydrogens is 283 g/mol. The van der Waals surface area contributed by atoms with Crippen LogP contribution in [-0.2, 0) is 0 Å². The van der Waals surface area contributed by atoms with Crippen LogP contribution in [0.1, 0.15) is 24.2 Å². The van der Waals surface area contributed by atoms with Gasteiger partial charge in [-0.3, -0.25) is 4.79 Å². The zero-order valence-corrected chi connectivity index (χ0v) is 11.7. The summed E-state index contributed by atoms with van der Waals surface area (Å²) in [6.07, 6.45) is 0. The Bertz CT molecular complexity index is 477. The van der Waals surface area contributed by atoms with E-state index in [4.69, 9.17) is 23.2 Å². The monoisotopic (exact) mass is 295 g/mol. The van der Waals surface area contributed by atoms with Crippen LogP contribution in [0.4, 0.5) is 8.78 Å². The van der Waals surface area contributed by atoms with Gasteiger partial charge in [-0.25, -0.2) is 8.78 Å². The van der Waals surface area contributed by atoms with Gasteiger partial charge in [0.2, 0.25) is 0 Å². The van der Waals surface area contributed by atoms with E-state index in [1.807, 2.05) is 0 Å². The van der Waals surface area contributed by atoms with E-state index < -0.39 is 23.1 Å². The van der Waals surface area contributed by atoms with Gasteiger partial charge in [0.1, 0.15) is 11.6 Å². The first-order valence-electron chi connectivity index (χ1n) is 5.19. The van der Waals surface area contributed by atoms with Gasteiger partial charge in [0.25, 0.3) is 5.91 Å². The number of hydrogen-bond acceptors (Lipinski definition) is 1. The molecular formula is C12H13Cl2F2NO. The molecule has 0 aliphatic heterocycles. The molecule has 0 bridgehead atoms. The van der Waals surface area contributed by atoms with Crippen LogP contribution in [0.5, 0.6) is 0 Å². The Kier molecular flexibility index (Phi) is 4.56. The van der Waals surface area contributed by atoms with Crippen LogP contribution in [0.2, 0.25) is 5.02 Å². The Morgan fingerprint density at radius 2 is 1.89 bits per heavy atom. The second-order valence-electron chi connectivity index (χ2n) is 4.56. The van der Waals surface area contributed by atoms with E-state index in [9.17, 15) is 13.6 Å². The highest BCUT2D eigenvalue weighted by atomic mass is 35.5. The number of alkyl halides is 1. The standard InChI is InChI=1S/C12H13Cl2F2NO/c1-12(2,6-13)17(3)11(18)7-4-10(16)8(14)5-9(7)15/h4-5H,6H2,1-3H3. The summed E-state index contributed by atoms with van der Waals surface area (Å²) in [7, 11) is 1.48. The molecule has 0 aromatic heterocycles. The maximum Gasteiger partial charge on any atom is 0.257 e.